The average Bonchev–Trinajstić information content (AvgIpc) is 2.03. The van der Waals surface area contributed by atoms with Gasteiger partial charge in [-0.25, -0.2) is 13.6 Å². The summed E-state index contributed by atoms with van der Waals surface area (Å²) < 4.78 is 21.5. The van der Waals surface area contributed by atoms with Crippen molar-refractivity contribution < 1.29 is 13.3 Å². The van der Waals surface area contributed by atoms with Crippen molar-refractivity contribution in [1.29, 1.82) is 0 Å². The van der Waals surface area contributed by atoms with Crippen molar-refractivity contribution in [3.63, 3.8) is 0 Å². The third kappa shape index (κ3) is 3.35. The van der Waals surface area contributed by atoms with Gasteiger partial charge in [-0.2, -0.15) is 0 Å². The summed E-state index contributed by atoms with van der Waals surface area (Å²) in [5, 5.41) is 15.0. The third-order valence-electron chi connectivity index (χ3n) is 1.36. The van der Waals surface area contributed by atoms with Crippen molar-refractivity contribution in [3.05, 3.63) is 34.4 Å². The first-order chi connectivity index (χ1) is 5.91. The topological polar surface area (TPSA) is 103 Å². The number of benzene rings is 1. The molecule has 0 heterocycles. The van der Waals surface area contributed by atoms with Gasteiger partial charge in [0.15, 0.2) is 0 Å². The Morgan fingerprint density at radius 2 is 1.93 bits per heavy atom. The van der Waals surface area contributed by atoms with E-state index in [4.69, 9.17) is 5.14 Å². The van der Waals surface area contributed by atoms with Crippen molar-refractivity contribution in [2.24, 2.45) is 5.14 Å². The number of primary sulfonamides is 1. The van der Waals surface area contributed by atoms with E-state index in [-0.39, 0.29) is 40.1 Å². The Morgan fingerprint density at radius 1 is 1.36 bits per heavy atom. The van der Waals surface area contributed by atoms with Crippen LogP contribution >= 0.6 is 0 Å². The molecule has 0 unspecified atom stereocenters. The van der Waals surface area contributed by atoms with Crippen molar-refractivity contribution in [3.8, 4) is 0 Å². The molecule has 72 valence electrons. The van der Waals surface area contributed by atoms with Crippen LogP contribution in [-0.4, -0.2) is 42.9 Å². The fourth-order valence-corrected chi connectivity index (χ4v) is 1.33. The fourth-order valence-electron chi connectivity index (χ4n) is 0.774. The number of hydrogen-bond acceptors (Lipinski definition) is 4. The third-order valence-corrected chi connectivity index (χ3v) is 2.27. The Kier molecular flexibility index (Phi) is 4.69. The quantitative estimate of drug-likeness (QED) is 0.420. The van der Waals surface area contributed by atoms with E-state index in [2.05, 4.69) is 0 Å². The maximum atomic E-state index is 10.8. The molecule has 1 aromatic rings. The summed E-state index contributed by atoms with van der Waals surface area (Å²) in [4.78, 5) is 9.30. The van der Waals surface area contributed by atoms with Gasteiger partial charge in [0.05, 0.1) is 9.82 Å². The number of hydrogen-bond donors (Lipinski definition) is 1. The van der Waals surface area contributed by atoms with E-state index in [1.165, 1.54) is 18.2 Å². The SMILES string of the molecule is NS(=O)(=O)c1cccc([N+](=O)[O-])c1.[NaH]. The van der Waals surface area contributed by atoms with E-state index < -0.39 is 14.9 Å². The molecule has 6 nitrogen and oxygen atoms in total. The second-order valence-corrected chi connectivity index (χ2v) is 3.86. The van der Waals surface area contributed by atoms with Crippen LogP contribution in [0.25, 0.3) is 0 Å². The minimum atomic E-state index is -3.86. The summed E-state index contributed by atoms with van der Waals surface area (Å²) in [6, 6.07) is 4.56. The van der Waals surface area contributed by atoms with Crippen LogP contribution in [0.15, 0.2) is 29.2 Å². The molecule has 1 aromatic carbocycles. The van der Waals surface area contributed by atoms with Crippen LogP contribution in [0.1, 0.15) is 0 Å². The molecular formula is C6H7N2NaO4S. The summed E-state index contributed by atoms with van der Waals surface area (Å²) >= 11 is 0. The second kappa shape index (κ2) is 4.85. The maximum absolute atomic E-state index is 10.8. The molecule has 0 aliphatic heterocycles. The Morgan fingerprint density at radius 3 is 2.36 bits per heavy atom. The molecule has 0 fully saturated rings. The summed E-state index contributed by atoms with van der Waals surface area (Å²) in [7, 11) is -3.86. The van der Waals surface area contributed by atoms with Crippen LogP contribution in [0.4, 0.5) is 5.69 Å². The molecule has 0 saturated carbocycles. The molecule has 1 rings (SSSR count). The van der Waals surface area contributed by atoms with E-state index >= 15 is 0 Å². The van der Waals surface area contributed by atoms with Crippen LogP contribution in [0, 0.1) is 10.1 Å². The summed E-state index contributed by atoms with van der Waals surface area (Å²) in [6.07, 6.45) is 0. The van der Waals surface area contributed by atoms with Gasteiger partial charge in [-0.15, -0.1) is 0 Å². The predicted octanol–water partition coefficient (Wildman–Crippen LogP) is -0.406. The van der Waals surface area contributed by atoms with Crippen LogP contribution < -0.4 is 5.14 Å². The number of nitrogens with two attached hydrogens (primary N) is 1. The molecule has 0 aromatic heterocycles. The Balaban J connectivity index is 0.00000169. The minimum absolute atomic E-state index is 0. The first-order valence-electron chi connectivity index (χ1n) is 3.18. The number of sulfonamides is 1. The van der Waals surface area contributed by atoms with Crippen molar-refractivity contribution in [2.45, 2.75) is 4.90 Å². The Bertz CT molecular complexity index is 445. The molecule has 0 saturated heterocycles. The standard InChI is InChI=1S/C6H6N2O4S.Na.H/c7-13(11,12)6-3-1-2-5(4-6)8(9)10;;/h1-4H,(H2,7,11,12);;. The average molecular weight is 226 g/mol. The second-order valence-electron chi connectivity index (χ2n) is 2.30. The van der Waals surface area contributed by atoms with Crippen molar-refractivity contribution >= 4 is 45.3 Å². The molecule has 0 aliphatic rings. The molecule has 0 spiro atoms. The van der Waals surface area contributed by atoms with Gasteiger partial charge in [0.25, 0.3) is 5.69 Å². The van der Waals surface area contributed by atoms with Gasteiger partial charge in [0.1, 0.15) is 0 Å². The summed E-state index contributed by atoms with van der Waals surface area (Å²) in [6.45, 7) is 0. The first-order valence-corrected chi connectivity index (χ1v) is 4.73. The zero-order chi connectivity index (χ0) is 10.1. The number of nitrogens with zero attached hydrogens (tertiary/aromatic N) is 1. The Hall–Kier alpha value is -0.470. The van der Waals surface area contributed by atoms with Gasteiger partial charge < -0.3 is 0 Å². The normalized spacial score (nSPS) is 10.4. The predicted molar refractivity (Wildman–Crippen MR) is 51.6 cm³/mol. The summed E-state index contributed by atoms with van der Waals surface area (Å²) in [5.41, 5.74) is -0.300. The number of rotatable bonds is 2. The van der Waals surface area contributed by atoms with Crippen molar-refractivity contribution in [2.75, 3.05) is 0 Å². The Labute approximate surface area is 103 Å². The fraction of sp³-hybridized carbons (Fsp3) is 0. The summed E-state index contributed by atoms with van der Waals surface area (Å²) in [5.74, 6) is 0. The molecule has 14 heavy (non-hydrogen) atoms. The zero-order valence-electron chi connectivity index (χ0n) is 6.38. The monoisotopic (exact) mass is 226 g/mol. The van der Waals surface area contributed by atoms with Gasteiger partial charge >= 0.3 is 29.6 Å². The molecule has 8 heteroatoms. The molecule has 0 amide bonds. The molecule has 0 bridgehead atoms. The molecule has 0 radical (unpaired) electrons. The van der Waals surface area contributed by atoms with Gasteiger partial charge in [-0.05, 0) is 6.07 Å². The van der Waals surface area contributed by atoms with E-state index in [1.54, 1.807) is 0 Å². The molecular weight excluding hydrogens is 219 g/mol. The molecule has 0 aliphatic carbocycles. The number of nitro benzene ring substituents is 1. The van der Waals surface area contributed by atoms with E-state index in [0.717, 1.165) is 6.07 Å². The van der Waals surface area contributed by atoms with Crippen LogP contribution in [0.5, 0.6) is 0 Å². The molecule has 2 N–H and O–H groups in total. The van der Waals surface area contributed by atoms with E-state index in [9.17, 15) is 18.5 Å². The zero-order valence-corrected chi connectivity index (χ0v) is 7.19. The first kappa shape index (κ1) is 13.5. The van der Waals surface area contributed by atoms with E-state index in [0.29, 0.717) is 0 Å². The molecule has 0 atom stereocenters. The number of nitro groups is 1. The van der Waals surface area contributed by atoms with E-state index in [1.807, 2.05) is 0 Å². The van der Waals surface area contributed by atoms with Crippen LogP contribution in [0.2, 0.25) is 0 Å². The van der Waals surface area contributed by atoms with Crippen LogP contribution in [-0.2, 0) is 10.0 Å². The van der Waals surface area contributed by atoms with Gasteiger partial charge in [0, 0.05) is 12.1 Å². The van der Waals surface area contributed by atoms with Crippen molar-refractivity contribution in [1.82, 2.24) is 0 Å². The van der Waals surface area contributed by atoms with Gasteiger partial charge in [-0.3, -0.25) is 10.1 Å². The van der Waals surface area contributed by atoms with Gasteiger partial charge in [0.2, 0.25) is 10.0 Å². The van der Waals surface area contributed by atoms with Gasteiger partial charge in [-0.1, -0.05) is 6.07 Å². The van der Waals surface area contributed by atoms with Crippen LogP contribution in [0.3, 0.4) is 0 Å². The number of non-ortho nitro benzene ring substituents is 1.